The van der Waals surface area contributed by atoms with Gasteiger partial charge in [-0.15, -0.1) is 0 Å². The number of aryl methyl sites for hydroxylation is 1. The summed E-state index contributed by atoms with van der Waals surface area (Å²) in [5.41, 5.74) is 0.962. The first-order valence-corrected chi connectivity index (χ1v) is 6.67. The van der Waals surface area contributed by atoms with E-state index in [-0.39, 0.29) is 11.3 Å². The predicted octanol–water partition coefficient (Wildman–Crippen LogP) is 1.77. The van der Waals surface area contributed by atoms with Crippen LogP contribution in [0.25, 0.3) is 0 Å². The number of benzene rings is 1. The Morgan fingerprint density at radius 3 is 2.41 bits per heavy atom. The van der Waals surface area contributed by atoms with E-state index in [0.29, 0.717) is 0 Å². The monoisotopic (exact) mass is 253 g/mol. The summed E-state index contributed by atoms with van der Waals surface area (Å²) in [4.78, 5) is 11.4. The molecule has 0 saturated carbocycles. The molecule has 0 saturated heterocycles. The Morgan fingerprint density at radius 1 is 1.29 bits per heavy atom. The van der Waals surface area contributed by atoms with Gasteiger partial charge in [0.15, 0.2) is 0 Å². The minimum Gasteiger partial charge on any atom is -0.274 e. The molecule has 1 aromatic rings. The van der Waals surface area contributed by atoms with Crippen molar-refractivity contribution in [1.82, 2.24) is 4.72 Å². The zero-order valence-electron chi connectivity index (χ0n) is 9.80. The Balaban J connectivity index is 2.82. The van der Waals surface area contributed by atoms with Crippen LogP contribution in [0.1, 0.15) is 18.9 Å². The molecule has 1 rings (SSSR count). The van der Waals surface area contributed by atoms with Crippen LogP contribution in [0.5, 0.6) is 0 Å². The second kappa shape index (κ2) is 5.63. The van der Waals surface area contributed by atoms with Gasteiger partial charge in [-0.1, -0.05) is 29.8 Å². The van der Waals surface area contributed by atoms with Crippen LogP contribution in [-0.4, -0.2) is 14.3 Å². The van der Waals surface area contributed by atoms with Crippen LogP contribution in [0.2, 0.25) is 0 Å². The number of sulfonamides is 1. The normalized spacial score (nSPS) is 11.6. The predicted molar refractivity (Wildman–Crippen MR) is 65.9 cm³/mol. The summed E-state index contributed by atoms with van der Waals surface area (Å²) >= 11 is 0. The summed E-state index contributed by atoms with van der Waals surface area (Å²) in [6.07, 6.45) is 3.35. The van der Waals surface area contributed by atoms with Gasteiger partial charge in [0.05, 0.1) is 4.90 Å². The smallest absolute Gasteiger partial charge is 0.264 e. The van der Waals surface area contributed by atoms with Crippen LogP contribution in [0.3, 0.4) is 0 Å². The molecule has 1 aromatic carbocycles. The van der Waals surface area contributed by atoms with Crippen LogP contribution in [0.15, 0.2) is 41.3 Å². The van der Waals surface area contributed by atoms with Gasteiger partial charge in [0.2, 0.25) is 5.91 Å². The van der Waals surface area contributed by atoms with Crippen molar-refractivity contribution in [2.75, 3.05) is 0 Å². The molecule has 92 valence electrons. The van der Waals surface area contributed by atoms with Crippen molar-refractivity contribution in [1.29, 1.82) is 0 Å². The molecule has 1 N–H and O–H groups in total. The molecule has 0 spiro atoms. The lowest BCUT2D eigenvalue weighted by Crippen LogP contribution is -2.29. The molecular formula is C12H15NO3S. The minimum atomic E-state index is -3.74. The number of carbonyl (C=O) groups excluding carboxylic acids is 1. The van der Waals surface area contributed by atoms with Gasteiger partial charge in [-0.25, -0.2) is 13.1 Å². The number of carbonyl (C=O) groups is 1. The van der Waals surface area contributed by atoms with Crippen LogP contribution in [-0.2, 0) is 14.8 Å². The van der Waals surface area contributed by atoms with E-state index in [1.165, 1.54) is 12.1 Å². The molecular weight excluding hydrogens is 238 g/mol. The SMILES string of the molecule is CC=CCC(=O)NS(=O)(=O)c1ccc(C)cc1. The maximum atomic E-state index is 11.8. The first kappa shape index (κ1) is 13.4. The summed E-state index contributed by atoms with van der Waals surface area (Å²) in [6, 6.07) is 6.32. The van der Waals surface area contributed by atoms with Gasteiger partial charge in [0, 0.05) is 6.42 Å². The lowest BCUT2D eigenvalue weighted by Gasteiger charge is -2.05. The molecule has 4 nitrogen and oxygen atoms in total. The van der Waals surface area contributed by atoms with Crippen molar-refractivity contribution in [3.63, 3.8) is 0 Å². The van der Waals surface area contributed by atoms with Gasteiger partial charge in [-0.3, -0.25) is 4.79 Å². The molecule has 0 aliphatic carbocycles. The average Bonchev–Trinajstić information content (AvgIpc) is 2.26. The maximum absolute atomic E-state index is 11.8. The third-order valence-corrected chi connectivity index (χ3v) is 3.51. The van der Waals surface area contributed by atoms with E-state index in [9.17, 15) is 13.2 Å². The molecule has 0 unspecified atom stereocenters. The van der Waals surface area contributed by atoms with E-state index >= 15 is 0 Å². The Labute approximate surface area is 101 Å². The molecule has 1 amide bonds. The lowest BCUT2D eigenvalue weighted by atomic mass is 10.2. The fourth-order valence-corrected chi connectivity index (χ4v) is 2.19. The number of nitrogens with one attached hydrogen (secondary N) is 1. The highest BCUT2D eigenvalue weighted by Gasteiger charge is 2.16. The molecule has 5 heteroatoms. The zero-order valence-corrected chi connectivity index (χ0v) is 10.6. The summed E-state index contributed by atoms with van der Waals surface area (Å²) in [5.74, 6) is -0.538. The Bertz CT molecular complexity index is 515. The second-order valence-corrected chi connectivity index (χ2v) is 5.30. The van der Waals surface area contributed by atoms with E-state index in [1.54, 1.807) is 31.2 Å². The number of allylic oxidation sites excluding steroid dienone is 1. The summed E-state index contributed by atoms with van der Waals surface area (Å²) < 4.78 is 25.5. The maximum Gasteiger partial charge on any atom is 0.264 e. The molecule has 0 heterocycles. The Hall–Kier alpha value is -1.62. The number of hydrogen-bond donors (Lipinski definition) is 1. The standard InChI is InChI=1S/C12H15NO3S/c1-3-4-5-12(14)13-17(15,16)11-8-6-10(2)7-9-11/h3-4,6-9H,5H2,1-2H3,(H,13,14). The molecule has 0 aliphatic rings. The van der Waals surface area contributed by atoms with E-state index < -0.39 is 15.9 Å². The van der Waals surface area contributed by atoms with Crippen molar-refractivity contribution in [3.8, 4) is 0 Å². The van der Waals surface area contributed by atoms with Crippen LogP contribution < -0.4 is 4.72 Å². The van der Waals surface area contributed by atoms with Gasteiger partial charge in [0.1, 0.15) is 0 Å². The molecule has 0 atom stereocenters. The van der Waals surface area contributed by atoms with Crippen LogP contribution in [0, 0.1) is 6.92 Å². The van der Waals surface area contributed by atoms with Crippen molar-refractivity contribution >= 4 is 15.9 Å². The minimum absolute atomic E-state index is 0.0571. The quantitative estimate of drug-likeness (QED) is 0.832. The molecule has 0 bridgehead atoms. The molecule has 0 aliphatic heterocycles. The first-order valence-electron chi connectivity index (χ1n) is 5.19. The lowest BCUT2D eigenvalue weighted by molar-refractivity contribution is -0.118. The van der Waals surface area contributed by atoms with Crippen molar-refractivity contribution < 1.29 is 13.2 Å². The van der Waals surface area contributed by atoms with Crippen molar-refractivity contribution in [2.45, 2.75) is 25.2 Å². The average molecular weight is 253 g/mol. The topological polar surface area (TPSA) is 63.2 Å². The van der Waals surface area contributed by atoms with Gasteiger partial charge in [-0.05, 0) is 26.0 Å². The van der Waals surface area contributed by atoms with Crippen LogP contribution in [0.4, 0.5) is 0 Å². The summed E-state index contributed by atoms with van der Waals surface area (Å²) in [6.45, 7) is 3.63. The largest absolute Gasteiger partial charge is 0.274 e. The number of amides is 1. The van der Waals surface area contributed by atoms with Crippen LogP contribution >= 0.6 is 0 Å². The third-order valence-electron chi connectivity index (χ3n) is 2.12. The summed E-state index contributed by atoms with van der Waals surface area (Å²) in [7, 11) is -3.74. The fourth-order valence-electron chi connectivity index (χ4n) is 1.19. The van der Waals surface area contributed by atoms with Crippen molar-refractivity contribution in [2.24, 2.45) is 0 Å². The Kier molecular flexibility index (Phi) is 4.45. The highest BCUT2D eigenvalue weighted by Crippen LogP contribution is 2.09. The molecule has 0 fully saturated rings. The fraction of sp³-hybridized carbons (Fsp3) is 0.250. The van der Waals surface area contributed by atoms with E-state index in [4.69, 9.17) is 0 Å². The molecule has 0 radical (unpaired) electrons. The molecule has 17 heavy (non-hydrogen) atoms. The van der Waals surface area contributed by atoms with Gasteiger partial charge in [-0.2, -0.15) is 0 Å². The van der Waals surface area contributed by atoms with Gasteiger partial charge >= 0.3 is 0 Å². The van der Waals surface area contributed by atoms with Gasteiger partial charge in [0.25, 0.3) is 10.0 Å². The zero-order chi connectivity index (χ0) is 12.9. The van der Waals surface area contributed by atoms with Crippen molar-refractivity contribution in [3.05, 3.63) is 42.0 Å². The second-order valence-electron chi connectivity index (χ2n) is 3.61. The first-order chi connectivity index (χ1) is 7.95. The Morgan fingerprint density at radius 2 is 1.88 bits per heavy atom. The van der Waals surface area contributed by atoms with Gasteiger partial charge < -0.3 is 0 Å². The van der Waals surface area contributed by atoms with E-state index in [0.717, 1.165) is 5.56 Å². The molecule has 0 aromatic heterocycles. The van der Waals surface area contributed by atoms with E-state index in [1.807, 2.05) is 11.6 Å². The highest BCUT2D eigenvalue weighted by atomic mass is 32.2. The summed E-state index contributed by atoms with van der Waals surface area (Å²) in [5, 5.41) is 0. The number of hydrogen-bond acceptors (Lipinski definition) is 3. The number of rotatable bonds is 4. The highest BCUT2D eigenvalue weighted by molar-refractivity contribution is 7.90. The van der Waals surface area contributed by atoms with E-state index in [2.05, 4.69) is 0 Å². The third kappa shape index (κ3) is 4.03.